The van der Waals surface area contributed by atoms with Crippen LogP contribution in [0.25, 0.3) is 0 Å². The zero-order valence-corrected chi connectivity index (χ0v) is 15.3. The molecule has 2 atom stereocenters. The zero-order chi connectivity index (χ0) is 17.2. The van der Waals surface area contributed by atoms with E-state index >= 15 is 0 Å². The molecule has 0 radical (unpaired) electrons. The minimum Gasteiger partial charge on any atom is -0.454 e. The fraction of sp³-hybridized carbons (Fsp3) is 0.556. The van der Waals surface area contributed by atoms with Gasteiger partial charge in [-0.25, -0.2) is 0 Å². The van der Waals surface area contributed by atoms with Crippen LogP contribution in [0.1, 0.15) is 31.2 Å². The molecule has 0 spiro atoms. The molecule has 1 aromatic carbocycles. The third-order valence-electron chi connectivity index (χ3n) is 5.10. The summed E-state index contributed by atoms with van der Waals surface area (Å²) in [7, 11) is 0. The van der Waals surface area contributed by atoms with Gasteiger partial charge in [-0.05, 0) is 49.9 Å². The van der Waals surface area contributed by atoms with E-state index in [1.165, 1.54) is 0 Å². The molecule has 2 unspecified atom stereocenters. The van der Waals surface area contributed by atoms with Crippen molar-refractivity contribution in [3.05, 3.63) is 23.8 Å². The summed E-state index contributed by atoms with van der Waals surface area (Å²) in [4.78, 5) is 27.0. The van der Waals surface area contributed by atoms with Crippen LogP contribution in [0, 0.1) is 0 Å². The van der Waals surface area contributed by atoms with Crippen LogP contribution >= 0.6 is 12.4 Å². The predicted octanol–water partition coefficient (Wildman–Crippen LogP) is 1.20. The first-order valence-electron chi connectivity index (χ1n) is 8.92. The van der Waals surface area contributed by atoms with Crippen LogP contribution in [0.5, 0.6) is 11.5 Å². The number of nitrogens with zero attached hydrogens (tertiary/aromatic N) is 1. The van der Waals surface area contributed by atoms with E-state index in [9.17, 15) is 9.59 Å². The molecule has 8 heteroatoms. The van der Waals surface area contributed by atoms with E-state index in [0.29, 0.717) is 18.8 Å². The molecule has 3 heterocycles. The van der Waals surface area contributed by atoms with Gasteiger partial charge in [0, 0.05) is 13.1 Å². The zero-order valence-electron chi connectivity index (χ0n) is 14.5. The summed E-state index contributed by atoms with van der Waals surface area (Å²) in [5.41, 5.74) is 0.950. The second-order valence-corrected chi connectivity index (χ2v) is 6.74. The summed E-state index contributed by atoms with van der Waals surface area (Å²) in [5.74, 6) is 1.42. The van der Waals surface area contributed by atoms with Crippen LogP contribution in [0.15, 0.2) is 18.2 Å². The van der Waals surface area contributed by atoms with E-state index in [1.54, 1.807) is 4.90 Å². The van der Waals surface area contributed by atoms with Gasteiger partial charge in [-0.2, -0.15) is 0 Å². The smallest absolute Gasteiger partial charge is 0.243 e. The highest BCUT2D eigenvalue weighted by molar-refractivity contribution is 5.90. The second-order valence-electron chi connectivity index (χ2n) is 6.74. The van der Waals surface area contributed by atoms with E-state index in [0.717, 1.165) is 43.5 Å². The lowest BCUT2D eigenvalue weighted by Crippen LogP contribution is -2.50. The number of hydrogen-bond donors (Lipinski definition) is 2. The summed E-state index contributed by atoms with van der Waals surface area (Å²) >= 11 is 0. The summed E-state index contributed by atoms with van der Waals surface area (Å²) in [6, 6.07) is 5.16. The van der Waals surface area contributed by atoms with E-state index in [4.69, 9.17) is 9.47 Å². The highest BCUT2D eigenvalue weighted by Crippen LogP contribution is 2.32. The Bertz CT molecular complexity index is 678. The van der Waals surface area contributed by atoms with Gasteiger partial charge in [-0.1, -0.05) is 6.07 Å². The number of ether oxygens (including phenoxy) is 2. The SMILES string of the molecule is Cl.O=C(NCc1ccc2c(c1)OCO2)C1CCCN1C(=O)C1CCCN1. The molecule has 4 rings (SSSR count). The molecule has 7 nitrogen and oxygen atoms in total. The molecular formula is C18H24ClN3O4. The van der Waals surface area contributed by atoms with Crippen molar-refractivity contribution in [2.75, 3.05) is 19.9 Å². The van der Waals surface area contributed by atoms with Crippen molar-refractivity contribution in [3.63, 3.8) is 0 Å². The molecular weight excluding hydrogens is 358 g/mol. The topological polar surface area (TPSA) is 79.9 Å². The molecule has 3 aliphatic rings. The Balaban J connectivity index is 0.00000196. The Labute approximate surface area is 158 Å². The Morgan fingerprint density at radius 2 is 2.04 bits per heavy atom. The van der Waals surface area contributed by atoms with Gasteiger partial charge >= 0.3 is 0 Å². The third kappa shape index (κ3) is 3.73. The minimum absolute atomic E-state index is 0. The summed E-state index contributed by atoms with van der Waals surface area (Å²) in [5, 5.41) is 6.18. The monoisotopic (exact) mass is 381 g/mol. The van der Waals surface area contributed by atoms with Crippen molar-refractivity contribution < 1.29 is 19.1 Å². The highest BCUT2D eigenvalue weighted by Gasteiger charge is 2.37. The van der Waals surface area contributed by atoms with Gasteiger partial charge in [0.15, 0.2) is 11.5 Å². The van der Waals surface area contributed by atoms with Crippen LogP contribution in [0.3, 0.4) is 0 Å². The Hall–Kier alpha value is -1.99. The number of carbonyl (C=O) groups excluding carboxylic acids is 2. The largest absolute Gasteiger partial charge is 0.454 e. The molecule has 2 N–H and O–H groups in total. The van der Waals surface area contributed by atoms with Gasteiger partial charge in [-0.3, -0.25) is 9.59 Å². The first-order valence-corrected chi connectivity index (χ1v) is 8.92. The van der Waals surface area contributed by atoms with Gasteiger partial charge < -0.3 is 25.0 Å². The minimum atomic E-state index is -0.357. The van der Waals surface area contributed by atoms with Crippen molar-refractivity contribution in [3.8, 4) is 11.5 Å². The molecule has 26 heavy (non-hydrogen) atoms. The van der Waals surface area contributed by atoms with Crippen LogP contribution in [-0.4, -0.2) is 48.7 Å². The standard InChI is InChI=1S/C18H23N3O4.ClH/c22-17(20-10-12-5-6-15-16(9-12)25-11-24-15)14-4-2-8-21(14)18(23)13-3-1-7-19-13;/h5-6,9,13-14,19H,1-4,7-8,10-11H2,(H,20,22);1H. The van der Waals surface area contributed by atoms with Crippen LogP contribution < -0.4 is 20.1 Å². The van der Waals surface area contributed by atoms with E-state index in [1.807, 2.05) is 18.2 Å². The number of halogens is 1. The van der Waals surface area contributed by atoms with Crippen molar-refractivity contribution in [2.24, 2.45) is 0 Å². The lowest BCUT2D eigenvalue weighted by Gasteiger charge is -2.26. The van der Waals surface area contributed by atoms with Crippen molar-refractivity contribution in [2.45, 2.75) is 44.3 Å². The summed E-state index contributed by atoms with van der Waals surface area (Å²) in [6.07, 6.45) is 3.48. The molecule has 142 valence electrons. The number of rotatable bonds is 4. The first-order chi connectivity index (χ1) is 12.2. The molecule has 0 saturated carbocycles. The number of likely N-dealkylation sites (tertiary alicyclic amines) is 1. The normalized spacial score (nSPS) is 23.6. The number of benzene rings is 1. The molecule has 1 aromatic rings. The van der Waals surface area contributed by atoms with E-state index in [-0.39, 0.29) is 43.1 Å². The number of amides is 2. The third-order valence-corrected chi connectivity index (χ3v) is 5.10. The molecule has 0 aliphatic carbocycles. The summed E-state index contributed by atoms with van der Waals surface area (Å²) < 4.78 is 10.6. The van der Waals surface area contributed by atoms with Gasteiger partial charge in [0.1, 0.15) is 6.04 Å². The Morgan fingerprint density at radius 1 is 1.19 bits per heavy atom. The fourth-order valence-corrected chi connectivity index (χ4v) is 3.76. The predicted molar refractivity (Wildman–Crippen MR) is 97.4 cm³/mol. The van der Waals surface area contributed by atoms with Crippen molar-refractivity contribution >= 4 is 24.2 Å². The quantitative estimate of drug-likeness (QED) is 0.819. The highest BCUT2D eigenvalue weighted by atomic mass is 35.5. The van der Waals surface area contributed by atoms with Gasteiger partial charge in [0.05, 0.1) is 6.04 Å². The van der Waals surface area contributed by atoms with Gasteiger partial charge in [0.2, 0.25) is 18.6 Å². The van der Waals surface area contributed by atoms with Crippen molar-refractivity contribution in [1.82, 2.24) is 15.5 Å². The summed E-state index contributed by atoms with van der Waals surface area (Å²) in [6.45, 7) is 2.19. The lowest BCUT2D eigenvalue weighted by atomic mass is 10.1. The number of hydrogen-bond acceptors (Lipinski definition) is 5. The lowest BCUT2D eigenvalue weighted by molar-refractivity contribution is -0.139. The van der Waals surface area contributed by atoms with E-state index < -0.39 is 0 Å². The Kier molecular flexibility index (Phi) is 5.88. The second kappa shape index (κ2) is 8.14. The van der Waals surface area contributed by atoms with Crippen LogP contribution in [0.2, 0.25) is 0 Å². The molecule has 0 aromatic heterocycles. The molecule has 0 bridgehead atoms. The van der Waals surface area contributed by atoms with Gasteiger partial charge in [-0.15, -0.1) is 12.4 Å². The van der Waals surface area contributed by atoms with Gasteiger partial charge in [0.25, 0.3) is 0 Å². The van der Waals surface area contributed by atoms with Crippen LogP contribution in [-0.2, 0) is 16.1 Å². The number of fused-ring (bicyclic) bond motifs is 1. The average Bonchev–Trinajstić information content (AvgIpc) is 3.39. The molecule has 2 fully saturated rings. The maximum Gasteiger partial charge on any atom is 0.243 e. The molecule has 2 amide bonds. The maximum absolute atomic E-state index is 12.6. The average molecular weight is 382 g/mol. The number of carbonyl (C=O) groups is 2. The molecule has 2 saturated heterocycles. The maximum atomic E-state index is 12.6. The molecule has 3 aliphatic heterocycles. The van der Waals surface area contributed by atoms with Crippen molar-refractivity contribution in [1.29, 1.82) is 0 Å². The fourth-order valence-electron chi connectivity index (χ4n) is 3.76. The van der Waals surface area contributed by atoms with E-state index in [2.05, 4.69) is 10.6 Å². The van der Waals surface area contributed by atoms with Crippen LogP contribution in [0.4, 0.5) is 0 Å². The number of nitrogens with one attached hydrogen (secondary N) is 2. The Morgan fingerprint density at radius 3 is 2.85 bits per heavy atom. The first kappa shape index (κ1) is 18.8.